The van der Waals surface area contributed by atoms with Gasteiger partial charge in [0.1, 0.15) is 12.8 Å². The molecule has 10 heteroatoms. The lowest BCUT2D eigenvalue weighted by atomic mass is 9.96. The van der Waals surface area contributed by atoms with E-state index in [0.717, 1.165) is 18.0 Å². The Morgan fingerprint density at radius 2 is 1.97 bits per heavy atom. The van der Waals surface area contributed by atoms with Crippen molar-refractivity contribution < 1.29 is 19.1 Å². The molecule has 2 amide bonds. The first-order valence-electron chi connectivity index (χ1n) is 11.6. The van der Waals surface area contributed by atoms with Crippen molar-refractivity contribution in [2.45, 2.75) is 77.7 Å². The summed E-state index contributed by atoms with van der Waals surface area (Å²) in [5.74, 6) is -0.0946. The molecule has 9 nitrogen and oxygen atoms in total. The molecular formula is C23H35N5O4Si. The van der Waals surface area contributed by atoms with Crippen LogP contribution in [-0.4, -0.2) is 57.8 Å². The number of aromatic nitrogens is 4. The number of amides is 2. The molecule has 1 unspecified atom stereocenters. The molecule has 0 saturated carbocycles. The molecule has 2 heterocycles. The van der Waals surface area contributed by atoms with Crippen LogP contribution in [0.3, 0.4) is 0 Å². The van der Waals surface area contributed by atoms with Gasteiger partial charge in [-0.05, 0) is 35.4 Å². The summed E-state index contributed by atoms with van der Waals surface area (Å²) in [5.41, 5.74) is 0.875. The Balaban J connectivity index is 1.68. The fourth-order valence-corrected chi connectivity index (χ4v) is 4.68. The number of nitrogens with zero attached hydrogens (tertiary/aromatic N) is 5. The Morgan fingerprint density at radius 3 is 2.64 bits per heavy atom. The molecule has 180 valence electrons. The molecule has 0 bridgehead atoms. The quantitative estimate of drug-likeness (QED) is 0.358. The van der Waals surface area contributed by atoms with Crippen molar-refractivity contribution in [1.29, 1.82) is 0 Å². The molecule has 0 radical (unpaired) electrons. The molecule has 1 saturated heterocycles. The minimum absolute atomic E-state index is 0.248. The number of imide groups is 1. The van der Waals surface area contributed by atoms with Crippen molar-refractivity contribution in [3.05, 3.63) is 41.7 Å². The Hall–Kier alpha value is -2.59. The van der Waals surface area contributed by atoms with E-state index in [1.165, 1.54) is 4.90 Å². The fraction of sp³-hybridized carbons (Fsp3) is 0.609. The Labute approximate surface area is 196 Å². The van der Waals surface area contributed by atoms with Gasteiger partial charge in [-0.3, -0.25) is 4.79 Å². The number of benzene rings is 1. The molecule has 1 aliphatic rings. The summed E-state index contributed by atoms with van der Waals surface area (Å²) in [4.78, 5) is 27.4. The van der Waals surface area contributed by atoms with E-state index in [1.54, 1.807) is 4.68 Å². The maximum Gasteiger partial charge on any atom is 0.417 e. The van der Waals surface area contributed by atoms with E-state index in [0.29, 0.717) is 25.3 Å². The first kappa shape index (κ1) is 25.0. The average Bonchev–Trinajstić information content (AvgIpc) is 3.33. The molecule has 0 aliphatic carbocycles. The molecule has 33 heavy (non-hydrogen) atoms. The zero-order valence-electron chi connectivity index (χ0n) is 20.2. The molecule has 1 aromatic carbocycles. The molecular weight excluding hydrogens is 438 g/mol. The Kier molecular flexibility index (Phi) is 8.36. The molecule has 3 atom stereocenters. The molecule has 1 aromatic heterocycles. The number of hydrogen-bond acceptors (Lipinski definition) is 7. The van der Waals surface area contributed by atoms with E-state index >= 15 is 0 Å². The minimum atomic E-state index is -1.18. The van der Waals surface area contributed by atoms with Crippen LogP contribution in [0.15, 0.2) is 30.3 Å². The summed E-state index contributed by atoms with van der Waals surface area (Å²) < 4.78 is 13.0. The van der Waals surface area contributed by atoms with Crippen LogP contribution in [0, 0.1) is 5.92 Å². The average molecular weight is 474 g/mol. The number of carbonyl (C=O) groups excluding carboxylic acids is 2. The van der Waals surface area contributed by atoms with Crippen molar-refractivity contribution in [2.24, 2.45) is 5.92 Å². The van der Waals surface area contributed by atoms with Crippen molar-refractivity contribution in [3.8, 4) is 0 Å². The highest BCUT2D eigenvalue weighted by atomic mass is 28.3. The van der Waals surface area contributed by atoms with Crippen molar-refractivity contribution >= 4 is 20.1 Å². The van der Waals surface area contributed by atoms with E-state index in [2.05, 4.69) is 35.2 Å². The summed E-state index contributed by atoms with van der Waals surface area (Å²) in [7, 11) is -1.18. The summed E-state index contributed by atoms with van der Waals surface area (Å²) in [6.45, 7) is 11.7. The number of tetrazole rings is 1. The van der Waals surface area contributed by atoms with Gasteiger partial charge < -0.3 is 9.47 Å². The predicted molar refractivity (Wildman–Crippen MR) is 126 cm³/mol. The third-order valence-corrected chi connectivity index (χ3v) is 7.57. The van der Waals surface area contributed by atoms with E-state index in [4.69, 9.17) is 9.47 Å². The number of cyclic esters (lactones) is 1. The molecule has 0 spiro atoms. The van der Waals surface area contributed by atoms with Crippen LogP contribution < -0.4 is 0 Å². The van der Waals surface area contributed by atoms with E-state index in [9.17, 15) is 9.59 Å². The second-order valence-electron chi connectivity index (χ2n) is 9.80. The lowest BCUT2D eigenvalue weighted by molar-refractivity contribution is -0.133. The largest absolute Gasteiger partial charge is 0.439 e. The standard InChI is InChI=1S/C23H35N5O4Si/c1-6-10-19(15-20-24-25-26-27(20)16-31-13-14-33(3,4)5)22(29)28-17(2)21(32-23(28)30)18-11-8-7-9-12-18/h7-9,11-12,17,19,21H,6,10,13-16H2,1-5H3/t17-,19?,21-/m1/s1. The van der Waals surface area contributed by atoms with Gasteiger partial charge in [0.15, 0.2) is 5.82 Å². The SMILES string of the molecule is CCCC(Cc1nnnn1COCC[Si](C)(C)C)C(=O)N1C(=O)O[C@@H](c2ccccc2)[C@H]1C. The van der Waals surface area contributed by atoms with Crippen LogP contribution in [0.5, 0.6) is 0 Å². The van der Waals surface area contributed by atoms with E-state index in [-0.39, 0.29) is 12.6 Å². The van der Waals surface area contributed by atoms with Crippen LogP contribution in [-0.2, 0) is 27.4 Å². The van der Waals surface area contributed by atoms with E-state index < -0.39 is 32.2 Å². The lowest BCUT2D eigenvalue weighted by Gasteiger charge is -2.24. The summed E-state index contributed by atoms with van der Waals surface area (Å²) in [6.07, 6.45) is 0.675. The van der Waals surface area contributed by atoms with Crippen LogP contribution >= 0.6 is 0 Å². The van der Waals surface area contributed by atoms with Gasteiger partial charge in [-0.1, -0.05) is 63.3 Å². The monoisotopic (exact) mass is 473 g/mol. The molecule has 0 N–H and O–H groups in total. The van der Waals surface area contributed by atoms with Gasteiger partial charge in [0.25, 0.3) is 0 Å². The minimum Gasteiger partial charge on any atom is -0.439 e. The number of ether oxygens (including phenoxy) is 2. The smallest absolute Gasteiger partial charge is 0.417 e. The maximum atomic E-state index is 13.5. The highest BCUT2D eigenvalue weighted by Gasteiger charge is 2.45. The highest BCUT2D eigenvalue weighted by Crippen LogP contribution is 2.34. The maximum absolute atomic E-state index is 13.5. The first-order valence-corrected chi connectivity index (χ1v) is 15.3. The van der Waals surface area contributed by atoms with Crippen molar-refractivity contribution in [1.82, 2.24) is 25.1 Å². The van der Waals surface area contributed by atoms with Crippen LogP contribution in [0.4, 0.5) is 4.79 Å². The second kappa shape index (κ2) is 11.0. The third-order valence-electron chi connectivity index (χ3n) is 5.87. The van der Waals surface area contributed by atoms with Gasteiger partial charge in [-0.15, -0.1) is 5.10 Å². The van der Waals surface area contributed by atoms with Crippen LogP contribution in [0.1, 0.15) is 44.2 Å². The summed E-state index contributed by atoms with van der Waals surface area (Å²) in [5, 5.41) is 11.9. The predicted octanol–water partition coefficient (Wildman–Crippen LogP) is 4.05. The van der Waals surface area contributed by atoms with Gasteiger partial charge in [-0.2, -0.15) is 0 Å². The zero-order valence-corrected chi connectivity index (χ0v) is 21.2. The molecule has 1 aliphatic heterocycles. The van der Waals surface area contributed by atoms with Gasteiger partial charge >= 0.3 is 6.09 Å². The van der Waals surface area contributed by atoms with Crippen LogP contribution in [0.25, 0.3) is 0 Å². The number of rotatable bonds is 11. The number of carbonyl (C=O) groups is 2. The Morgan fingerprint density at radius 1 is 1.24 bits per heavy atom. The first-order chi connectivity index (χ1) is 15.7. The topological polar surface area (TPSA) is 99.4 Å². The van der Waals surface area contributed by atoms with Crippen molar-refractivity contribution in [3.63, 3.8) is 0 Å². The van der Waals surface area contributed by atoms with Gasteiger partial charge in [-0.25, -0.2) is 14.4 Å². The molecule has 2 aromatic rings. The van der Waals surface area contributed by atoms with E-state index in [1.807, 2.05) is 44.2 Å². The third kappa shape index (κ3) is 6.48. The number of hydrogen-bond donors (Lipinski definition) is 0. The van der Waals surface area contributed by atoms with Crippen molar-refractivity contribution in [2.75, 3.05) is 6.61 Å². The van der Waals surface area contributed by atoms with Crippen LogP contribution in [0.2, 0.25) is 25.7 Å². The Bertz CT molecular complexity index is 930. The molecule has 3 rings (SSSR count). The fourth-order valence-electron chi connectivity index (χ4n) is 3.92. The molecule has 1 fully saturated rings. The normalized spacial score (nSPS) is 19.5. The van der Waals surface area contributed by atoms with Gasteiger partial charge in [0, 0.05) is 27.0 Å². The van der Waals surface area contributed by atoms with Gasteiger partial charge in [0.2, 0.25) is 5.91 Å². The summed E-state index contributed by atoms with van der Waals surface area (Å²) in [6, 6.07) is 10.2. The summed E-state index contributed by atoms with van der Waals surface area (Å²) >= 11 is 0. The second-order valence-corrected chi connectivity index (χ2v) is 15.4. The highest BCUT2D eigenvalue weighted by molar-refractivity contribution is 6.76. The zero-order chi connectivity index (χ0) is 24.0. The van der Waals surface area contributed by atoms with Gasteiger partial charge in [0.05, 0.1) is 6.04 Å². The lowest BCUT2D eigenvalue weighted by Crippen LogP contribution is -2.42.